The van der Waals surface area contributed by atoms with Crippen LogP contribution in [0, 0.1) is 0 Å². The highest BCUT2D eigenvalue weighted by atomic mass is 35.5. The number of hydrogen-bond acceptors (Lipinski definition) is 6. The number of carbonyl (C=O) groups is 1. The molecule has 0 unspecified atom stereocenters. The van der Waals surface area contributed by atoms with Gasteiger partial charge in [-0.25, -0.2) is 22.0 Å². The third-order valence-corrected chi connectivity index (χ3v) is 8.11. The molecule has 0 aromatic heterocycles. The lowest BCUT2D eigenvalue weighted by Crippen LogP contribution is -2.39. The maximum Gasteiger partial charge on any atom is 0.243 e. The average Bonchev–Trinajstić information content (AvgIpc) is 2.82. The number of nitrogens with zero attached hydrogens (tertiary/aromatic N) is 1. The number of methoxy groups -OCH3 is 1. The van der Waals surface area contributed by atoms with Crippen LogP contribution in [0.5, 0.6) is 5.75 Å². The summed E-state index contributed by atoms with van der Waals surface area (Å²) in [6.07, 6.45) is 0.375. The van der Waals surface area contributed by atoms with Gasteiger partial charge in [0.1, 0.15) is 5.75 Å². The lowest BCUT2D eigenvalue weighted by molar-refractivity contribution is -0.116. The molecule has 3 N–H and O–H groups in total. The van der Waals surface area contributed by atoms with Crippen LogP contribution in [0.25, 0.3) is 0 Å². The SMILES string of the molecule is COc1ccc(S(=O)(=O)N(CCc2ccccc2)CC(=O)Nc2ccc(S(N)(=O)=O)cc2)cc1Cl. The molecular formula is C23H24ClN3O6S2. The number of halogens is 1. The van der Waals surface area contributed by atoms with Gasteiger partial charge in [-0.05, 0) is 54.4 Å². The molecule has 0 saturated carbocycles. The van der Waals surface area contributed by atoms with Crippen molar-refractivity contribution < 1.29 is 26.4 Å². The van der Waals surface area contributed by atoms with Crippen molar-refractivity contribution in [3.63, 3.8) is 0 Å². The summed E-state index contributed by atoms with van der Waals surface area (Å²) in [7, 11) is -6.56. The van der Waals surface area contributed by atoms with Crippen molar-refractivity contribution in [2.75, 3.05) is 25.5 Å². The highest BCUT2D eigenvalue weighted by Crippen LogP contribution is 2.28. The maximum atomic E-state index is 13.4. The highest BCUT2D eigenvalue weighted by Gasteiger charge is 2.27. The van der Waals surface area contributed by atoms with E-state index in [4.69, 9.17) is 21.5 Å². The van der Waals surface area contributed by atoms with Crippen LogP contribution in [0.4, 0.5) is 5.69 Å². The molecule has 0 bridgehead atoms. The molecular weight excluding hydrogens is 514 g/mol. The maximum absolute atomic E-state index is 13.4. The average molecular weight is 538 g/mol. The number of primary sulfonamides is 1. The van der Waals surface area contributed by atoms with Crippen molar-refractivity contribution in [2.24, 2.45) is 5.14 Å². The van der Waals surface area contributed by atoms with Crippen LogP contribution in [-0.2, 0) is 31.3 Å². The normalized spacial score (nSPS) is 11.9. The standard InChI is InChI=1S/C23H24ClN3O6S2/c1-33-22-12-11-20(15-21(22)24)35(31,32)27(14-13-17-5-3-2-4-6-17)16-23(28)26-18-7-9-19(10-8-18)34(25,29)30/h2-12,15H,13-14,16H2,1H3,(H,26,28)(H2,25,29,30). The van der Waals surface area contributed by atoms with Crippen LogP contribution in [0.1, 0.15) is 5.56 Å². The summed E-state index contributed by atoms with van der Waals surface area (Å²) in [4.78, 5) is 12.6. The fraction of sp³-hybridized carbons (Fsp3) is 0.174. The number of hydrogen-bond donors (Lipinski definition) is 2. The molecule has 0 fully saturated rings. The van der Waals surface area contributed by atoms with Gasteiger partial charge in [0.2, 0.25) is 26.0 Å². The third-order valence-electron chi connectivity index (χ3n) is 5.04. The van der Waals surface area contributed by atoms with Crippen LogP contribution in [0.15, 0.2) is 82.6 Å². The van der Waals surface area contributed by atoms with E-state index in [-0.39, 0.29) is 27.0 Å². The van der Waals surface area contributed by atoms with E-state index >= 15 is 0 Å². The topological polar surface area (TPSA) is 136 Å². The van der Waals surface area contributed by atoms with E-state index in [1.165, 1.54) is 49.6 Å². The molecule has 1 amide bonds. The molecule has 12 heteroatoms. The van der Waals surface area contributed by atoms with Crippen LogP contribution < -0.4 is 15.2 Å². The van der Waals surface area contributed by atoms with Crippen molar-refractivity contribution in [1.29, 1.82) is 0 Å². The summed E-state index contributed by atoms with van der Waals surface area (Å²) < 4.78 is 55.8. The minimum absolute atomic E-state index is 0.0355. The van der Waals surface area contributed by atoms with Crippen LogP contribution in [0.2, 0.25) is 5.02 Å². The molecule has 35 heavy (non-hydrogen) atoms. The Kier molecular flexibility index (Phi) is 8.51. The van der Waals surface area contributed by atoms with Crippen molar-refractivity contribution in [3.05, 3.63) is 83.4 Å². The van der Waals surface area contributed by atoms with Gasteiger partial charge < -0.3 is 10.1 Å². The quantitative estimate of drug-likeness (QED) is 0.408. The van der Waals surface area contributed by atoms with Gasteiger partial charge in [0.25, 0.3) is 0 Å². The van der Waals surface area contributed by atoms with Crippen LogP contribution in [0.3, 0.4) is 0 Å². The van der Waals surface area contributed by atoms with Gasteiger partial charge in [-0.15, -0.1) is 0 Å². The molecule has 0 aliphatic heterocycles. The lowest BCUT2D eigenvalue weighted by Gasteiger charge is -2.22. The second-order valence-corrected chi connectivity index (χ2v) is 11.4. The Bertz CT molecular complexity index is 1400. The first kappa shape index (κ1) is 26.6. The second kappa shape index (κ2) is 11.2. The van der Waals surface area contributed by atoms with Gasteiger partial charge in [-0.3, -0.25) is 4.79 Å². The minimum Gasteiger partial charge on any atom is -0.495 e. The van der Waals surface area contributed by atoms with Gasteiger partial charge in [-0.2, -0.15) is 4.31 Å². The summed E-state index contributed by atoms with van der Waals surface area (Å²) in [5.74, 6) is -0.285. The van der Waals surface area contributed by atoms with Gasteiger partial charge >= 0.3 is 0 Å². The van der Waals surface area contributed by atoms with Crippen molar-refractivity contribution >= 4 is 43.2 Å². The van der Waals surface area contributed by atoms with Crippen molar-refractivity contribution in [3.8, 4) is 5.75 Å². The van der Waals surface area contributed by atoms with E-state index in [9.17, 15) is 21.6 Å². The van der Waals surface area contributed by atoms with E-state index in [1.54, 1.807) is 0 Å². The van der Waals surface area contributed by atoms with Crippen LogP contribution in [-0.4, -0.2) is 47.2 Å². The van der Waals surface area contributed by atoms with Crippen molar-refractivity contribution in [1.82, 2.24) is 4.31 Å². The largest absolute Gasteiger partial charge is 0.495 e. The van der Waals surface area contributed by atoms with E-state index in [0.29, 0.717) is 12.2 Å². The zero-order valence-corrected chi connectivity index (χ0v) is 21.1. The van der Waals surface area contributed by atoms with Gasteiger partial charge in [0.05, 0.1) is 28.5 Å². The van der Waals surface area contributed by atoms with E-state index in [0.717, 1.165) is 9.87 Å². The first-order chi connectivity index (χ1) is 16.5. The van der Waals surface area contributed by atoms with Gasteiger partial charge in [0.15, 0.2) is 0 Å². The number of amides is 1. The second-order valence-electron chi connectivity index (χ2n) is 7.49. The van der Waals surface area contributed by atoms with E-state index in [1.807, 2.05) is 30.3 Å². The van der Waals surface area contributed by atoms with Crippen LogP contribution >= 0.6 is 11.6 Å². The number of benzene rings is 3. The summed E-state index contributed by atoms with van der Waals surface area (Å²) in [5, 5.41) is 7.78. The Morgan fingerprint density at radius 3 is 2.17 bits per heavy atom. The lowest BCUT2D eigenvalue weighted by atomic mass is 10.1. The number of anilines is 1. The van der Waals surface area contributed by atoms with Crippen molar-refractivity contribution in [2.45, 2.75) is 16.2 Å². The highest BCUT2D eigenvalue weighted by molar-refractivity contribution is 7.89. The third kappa shape index (κ3) is 7.03. The smallest absolute Gasteiger partial charge is 0.243 e. The Hall–Kier alpha value is -2.96. The molecule has 3 rings (SSSR count). The molecule has 3 aromatic carbocycles. The summed E-state index contributed by atoms with van der Waals surface area (Å²) >= 11 is 6.13. The number of nitrogens with one attached hydrogen (secondary N) is 1. The molecule has 9 nitrogen and oxygen atoms in total. The molecule has 0 saturated heterocycles. The molecule has 3 aromatic rings. The van der Waals surface area contributed by atoms with E-state index in [2.05, 4.69) is 5.32 Å². The molecule has 0 aliphatic carbocycles. The summed E-state index contributed by atoms with van der Waals surface area (Å²) in [6.45, 7) is -0.441. The number of rotatable bonds is 10. The molecule has 0 aliphatic rings. The first-order valence-electron chi connectivity index (χ1n) is 10.3. The molecule has 0 spiro atoms. The minimum atomic E-state index is -4.10. The molecule has 186 valence electrons. The Morgan fingerprint density at radius 2 is 1.60 bits per heavy atom. The first-order valence-corrected chi connectivity index (χ1v) is 13.7. The monoisotopic (exact) mass is 537 g/mol. The predicted octanol–water partition coefficient (Wildman–Crippen LogP) is 2.87. The zero-order chi connectivity index (χ0) is 25.6. The van der Waals surface area contributed by atoms with Gasteiger partial charge in [0, 0.05) is 12.2 Å². The number of carbonyl (C=O) groups excluding carboxylic acids is 1. The fourth-order valence-electron chi connectivity index (χ4n) is 3.23. The zero-order valence-electron chi connectivity index (χ0n) is 18.7. The van der Waals surface area contributed by atoms with Gasteiger partial charge in [-0.1, -0.05) is 41.9 Å². The Labute approximate surface area is 209 Å². The molecule has 0 radical (unpaired) electrons. The number of nitrogens with two attached hydrogens (primary N) is 1. The number of sulfonamides is 2. The fourth-order valence-corrected chi connectivity index (χ4v) is 5.49. The summed E-state index contributed by atoms with van der Waals surface area (Å²) in [5.41, 5.74) is 1.19. The van der Waals surface area contributed by atoms with E-state index < -0.39 is 32.5 Å². The Balaban J connectivity index is 1.83. The number of ether oxygens (including phenoxy) is 1. The predicted molar refractivity (Wildman–Crippen MR) is 133 cm³/mol. The summed E-state index contributed by atoms with van der Waals surface area (Å²) in [6, 6.07) is 18.6. The molecule has 0 atom stereocenters. The Morgan fingerprint density at radius 1 is 0.971 bits per heavy atom. The molecule has 0 heterocycles.